The van der Waals surface area contributed by atoms with Gasteiger partial charge in [-0.1, -0.05) is 12.1 Å². The first-order valence-electron chi connectivity index (χ1n) is 8.49. The second-order valence-corrected chi connectivity index (χ2v) is 6.82. The zero-order chi connectivity index (χ0) is 20.4. The van der Waals surface area contributed by atoms with Gasteiger partial charge in [0, 0.05) is 30.4 Å². The van der Waals surface area contributed by atoms with E-state index in [1.807, 2.05) is 24.5 Å². The molecule has 4 rings (SSSR count). The van der Waals surface area contributed by atoms with Crippen LogP contribution in [-0.2, 0) is 7.05 Å². The number of halogens is 2. The van der Waals surface area contributed by atoms with E-state index in [0.717, 1.165) is 0 Å². The highest BCUT2D eigenvalue weighted by atomic mass is 32.1. The van der Waals surface area contributed by atoms with E-state index >= 15 is 0 Å². The van der Waals surface area contributed by atoms with Gasteiger partial charge in [-0.15, -0.1) is 11.3 Å². The molecule has 10 heteroatoms. The molecule has 0 unspecified atom stereocenters. The number of rotatable bonds is 6. The molecule has 29 heavy (non-hydrogen) atoms. The number of benzene rings is 1. The normalized spacial score (nSPS) is 11.0. The van der Waals surface area contributed by atoms with E-state index in [4.69, 9.17) is 0 Å². The van der Waals surface area contributed by atoms with Gasteiger partial charge in [0.25, 0.3) is 5.91 Å². The molecule has 0 aliphatic carbocycles. The highest BCUT2D eigenvalue weighted by Gasteiger charge is 2.19. The minimum atomic E-state index is -2.94. The SMILES string of the molecule is Cn1ncc(C(=O)Nc2nc(-c3ccccc3OC(F)F)cs2)c1-n1cccc1. The van der Waals surface area contributed by atoms with Gasteiger partial charge >= 0.3 is 6.61 Å². The number of ether oxygens (including phenoxy) is 1. The maximum atomic E-state index is 12.8. The number of nitrogens with one attached hydrogen (secondary N) is 1. The summed E-state index contributed by atoms with van der Waals surface area (Å²) in [7, 11) is 1.74. The van der Waals surface area contributed by atoms with E-state index in [1.165, 1.54) is 23.6 Å². The zero-order valence-corrected chi connectivity index (χ0v) is 15.9. The molecule has 0 aliphatic heterocycles. The van der Waals surface area contributed by atoms with Crippen molar-refractivity contribution in [1.29, 1.82) is 0 Å². The molecule has 0 aliphatic rings. The van der Waals surface area contributed by atoms with E-state index in [0.29, 0.717) is 27.8 Å². The molecule has 3 aromatic heterocycles. The molecule has 1 N–H and O–H groups in total. The van der Waals surface area contributed by atoms with E-state index in [9.17, 15) is 13.6 Å². The Kier molecular flexibility index (Phi) is 5.09. The van der Waals surface area contributed by atoms with Crippen molar-refractivity contribution in [3.63, 3.8) is 0 Å². The first-order valence-corrected chi connectivity index (χ1v) is 9.37. The number of hydrogen-bond donors (Lipinski definition) is 1. The van der Waals surface area contributed by atoms with Crippen LogP contribution < -0.4 is 10.1 Å². The molecule has 0 atom stereocenters. The van der Waals surface area contributed by atoms with Crippen LogP contribution in [-0.4, -0.2) is 31.9 Å². The minimum Gasteiger partial charge on any atom is -0.434 e. The van der Waals surface area contributed by atoms with Gasteiger partial charge in [-0.2, -0.15) is 13.9 Å². The van der Waals surface area contributed by atoms with Gasteiger partial charge in [0.05, 0.1) is 11.9 Å². The molecule has 0 fully saturated rings. The Bertz CT molecular complexity index is 1140. The van der Waals surface area contributed by atoms with Gasteiger partial charge in [0.1, 0.15) is 17.1 Å². The second-order valence-electron chi connectivity index (χ2n) is 5.96. The summed E-state index contributed by atoms with van der Waals surface area (Å²) in [4.78, 5) is 17.1. The van der Waals surface area contributed by atoms with Crippen molar-refractivity contribution in [2.45, 2.75) is 6.61 Å². The summed E-state index contributed by atoms with van der Waals surface area (Å²) in [5.41, 5.74) is 1.22. The summed E-state index contributed by atoms with van der Waals surface area (Å²) >= 11 is 1.18. The number of anilines is 1. The van der Waals surface area contributed by atoms with Crippen LogP contribution in [0.4, 0.5) is 13.9 Å². The summed E-state index contributed by atoms with van der Waals surface area (Å²) in [6.45, 7) is -2.94. The van der Waals surface area contributed by atoms with Crippen molar-refractivity contribution in [2.24, 2.45) is 7.05 Å². The molecule has 4 aromatic rings. The Morgan fingerprint density at radius 1 is 1.21 bits per heavy atom. The third-order valence-corrected chi connectivity index (χ3v) is 4.86. The molecule has 1 aromatic carbocycles. The number of alkyl halides is 2. The highest BCUT2D eigenvalue weighted by molar-refractivity contribution is 7.14. The summed E-state index contributed by atoms with van der Waals surface area (Å²) in [5.74, 6) is 0.257. The summed E-state index contributed by atoms with van der Waals surface area (Å²) < 4.78 is 33.2. The Morgan fingerprint density at radius 2 is 1.97 bits per heavy atom. The number of nitrogens with zero attached hydrogens (tertiary/aromatic N) is 4. The molecular formula is C19H15F2N5O2S. The van der Waals surface area contributed by atoms with Crippen LogP contribution in [0.15, 0.2) is 60.4 Å². The number of thiazole rings is 1. The number of carbonyl (C=O) groups excluding carboxylic acids is 1. The molecule has 0 bridgehead atoms. The van der Waals surface area contributed by atoms with Crippen molar-refractivity contribution >= 4 is 22.4 Å². The lowest BCUT2D eigenvalue weighted by Crippen LogP contribution is -2.14. The van der Waals surface area contributed by atoms with Crippen LogP contribution in [0.5, 0.6) is 5.75 Å². The maximum absolute atomic E-state index is 12.8. The number of aryl methyl sites for hydroxylation is 1. The summed E-state index contributed by atoms with van der Waals surface area (Å²) in [6, 6.07) is 10.1. The van der Waals surface area contributed by atoms with Gasteiger partial charge in [-0.3, -0.25) is 14.8 Å². The largest absolute Gasteiger partial charge is 0.434 e. The van der Waals surface area contributed by atoms with Crippen LogP contribution >= 0.6 is 11.3 Å². The Labute approximate surface area is 168 Å². The molecular weight excluding hydrogens is 400 g/mol. The van der Waals surface area contributed by atoms with E-state index in [1.54, 1.807) is 39.9 Å². The smallest absolute Gasteiger partial charge is 0.387 e. The monoisotopic (exact) mass is 415 g/mol. The maximum Gasteiger partial charge on any atom is 0.387 e. The molecule has 0 radical (unpaired) electrons. The van der Waals surface area contributed by atoms with Crippen molar-refractivity contribution in [1.82, 2.24) is 19.3 Å². The number of amides is 1. The molecule has 0 saturated heterocycles. The van der Waals surface area contributed by atoms with Crippen LogP contribution in [0.1, 0.15) is 10.4 Å². The standard InChI is InChI=1S/C19H15F2N5O2S/c1-25-17(26-8-4-5-9-26)13(10-22-25)16(27)24-19-23-14(11-29-19)12-6-2-3-7-15(12)28-18(20)21/h2-11,18H,1H3,(H,23,24,27). The summed E-state index contributed by atoms with van der Waals surface area (Å²) in [5, 5.41) is 8.89. The molecule has 3 heterocycles. The fraction of sp³-hybridized carbons (Fsp3) is 0.105. The number of carbonyl (C=O) groups is 1. The Morgan fingerprint density at radius 3 is 2.72 bits per heavy atom. The van der Waals surface area contributed by atoms with Crippen LogP contribution in [0.25, 0.3) is 17.1 Å². The van der Waals surface area contributed by atoms with Gasteiger partial charge in [-0.05, 0) is 24.3 Å². The lowest BCUT2D eigenvalue weighted by Gasteiger charge is -2.08. The lowest BCUT2D eigenvalue weighted by molar-refractivity contribution is -0.0494. The number of hydrogen-bond acceptors (Lipinski definition) is 5. The molecule has 0 spiro atoms. The molecule has 7 nitrogen and oxygen atoms in total. The van der Waals surface area contributed by atoms with Gasteiger partial charge in [-0.25, -0.2) is 4.98 Å². The van der Waals surface area contributed by atoms with Crippen molar-refractivity contribution < 1.29 is 18.3 Å². The third-order valence-electron chi connectivity index (χ3n) is 4.10. The Balaban J connectivity index is 1.58. The van der Waals surface area contributed by atoms with Crippen molar-refractivity contribution in [3.8, 4) is 22.8 Å². The average molecular weight is 415 g/mol. The lowest BCUT2D eigenvalue weighted by atomic mass is 10.1. The van der Waals surface area contributed by atoms with E-state index in [-0.39, 0.29) is 11.7 Å². The third kappa shape index (κ3) is 3.87. The first kappa shape index (κ1) is 18.8. The zero-order valence-electron chi connectivity index (χ0n) is 15.1. The highest BCUT2D eigenvalue weighted by Crippen LogP contribution is 2.33. The molecule has 1 amide bonds. The molecule has 148 valence electrons. The number of aromatic nitrogens is 4. The fourth-order valence-electron chi connectivity index (χ4n) is 2.87. The van der Waals surface area contributed by atoms with E-state index in [2.05, 4.69) is 20.1 Å². The minimum absolute atomic E-state index is 0.0211. The first-order chi connectivity index (χ1) is 14.0. The van der Waals surface area contributed by atoms with Crippen molar-refractivity contribution in [2.75, 3.05) is 5.32 Å². The Hall–Kier alpha value is -3.53. The van der Waals surface area contributed by atoms with Gasteiger partial charge in [0.15, 0.2) is 5.13 Å². The van der Waals surface area contributed by atoms with Gasteiger partial charge in [0.2, 0.25) is 0 Å². The van der Waals surface area contributed by atoms with E-state index < -0.39 is 6.61 Å². The van der Waals surface area contributed by atoms with Gasteiger partial charge < -0.3 is 9.30 Å². The van der Waals surface area contributed by atoms with Crippen LogP contribution in [0.2, 0.25) is 0 Å². The predicted molar refractivity (Wildman–Crippen MR) is 105 cm³/mol. The quantitative estimate of drug-likeness (QED) is 0.513. The van der Waals surface area contributed by atoms with Crippen LogP contribution in [0.3, 0.4) is 0 Å². The average Bonchev–Trinajstić information content (AvgIpc) is 3.42. The second kappa shape index (κ2) is 7.84. The van der Waals surface area contributed by atoms with Crippen LogP contribution in [0, 0.1) is 0 Å². The molecule has 0 saturated carbocycles. The van der Waals surface area contributed by atoms with Crippen molar-refractivity contribution in [3.05, 3.63) is 65.9 Å². The summed E-state index contributed by atoms with van der Waals surface area (Å²) in [6.07, 6.45) is 5.11. The predicted octanol–water partition coefficient (Wildman–Crippen LogP) is 4.19. The fourth-order valence-corrected chi connectivity index (χ4v) is 3.58. The number of para-hydroxylation sites is 1. The topological polar surface area (TPSA) is 74.0 Å².